The molecule has 4 nitrogen and oxygen atoms in total. The van der Waals surface area contributed by atoms with Gasteiger partial charge in [0.15, 0.2) is 9.84 Å². The number of rotatable bonds is 5. The number of amides is 1. The molecule has 0 fully saturated rings. The summed E-state index contributed by atoms with van der Waals surface area (Å²) in [5, 5.41) is 2.73. The molecule has 22 heavy (non-hydrogen) atoms. The quantitative estimate of drug-likeness (QED) is 0.922. The average molecular weight is 317 g/mol. The molecule has 0 aliphatic heterocycles. The van der Waals surface area contributed by atoms with Gasteiger partial charge in [0.05, 0.1) is 4.90 Å². The van der Waals surface area contributed by atoms with Crippen molar-refractivity contribution in [3.63, 3.8) is 0 Å². The number of hydrogen-bond acceptors (Lipinski definition) is 3. The van der Waals surface area contributed by atoms with Crippen LogP contribution in [-0.2, 0) is 21.1 Å². The van der Waals surface area contributed by atoms with Crippen molar-refractivity contribution in [1.29, 1.82) is 0 Å². The fourth-order valence-electron chi connectivity index (χ4n) is 2.04. The van der Waals surface area contributed by atoms with Crippen LogP contribution in [0.5, 0.6) is 0 Å². The molecule has 0 spiro atoms. The Balaban J connectivity index is 1.96. The number of aryl methyl sites for hydroxylation is 2. The largest absolute Gasteiger partial charge is 0.326 e. The molecule has 2 rings (SSSR count). The second-order valence-electron chi connectivity index (χ2n) is 5.33. The highest BCUT2D eigenvalue weighted by Crippen LogP contribution is 2.16. The number of nitrogens with one attached hydrogen (secondary N) is 1. The lowest BCUT2D eigenvalue weighted by molar-refractivity contribution is -0.116. The smallest absolute Gasteiger partial charge is 0.224 e. The molecule has 1 amide bonds. The molecule has 1 N–H and O–H groups in total. The van der Waals surface area contributed by atoms with Gasteiger partial charge in [0.2, 0.25) is 5.91 Å². The molecule has 2 aromatic carbocycles. The van der Waals surface area contributed by atoms with E-state index in [-0.39, 0.29) is 10.8 Å². The first-order chi connectivity index (χ1) is 10.3. The zero-order chi connectivity index (χ0) is 16.2. The highest BCUT2D eigenvalue weighted by molar-refractivity contribution is 7.90. The van der Waals surface area contributed by atoms with Crippen molar-refractivity contribution in [1.82, 2.24) is 0 Å². The zero-order valence-corrected chi connectivity index (χ0v) is 13.5. The molecule has 0 saturated carbocycles. The van der Waals surface area contributed by atoms with Gasteiger partial charge in [-0.1, -0.05) is 35.9 Å². The van der Waals surface area contributed by atoms with E-state index in [1.165, 1.54) is 17.7 Å². The standard InChI is InChI=1S/C17H19NO3S/c1-13-6-8-14(9-7-13)10-11-17(19)18-15-4-3-5-16(12-15)22(2,20)21/h3-9,12H,10-11H2,1-2H3,(H,18,19). The predicted octanol–water partition coefficient (Wildman–Crippen LogP) is 2.97. The lowest BCUT2D eigenvalue weighted by Crippen LogP contribution is -2.12. The summed E-state index contributed by atoms with van der Waals surface area (Å²) >= 11 is 0. The Bertz CT molecular complexity index is 765. The van der Waals surface area contributed by atoms with E-state index in [9.17, 15) is 13.2 Å². The fraction of sp³-hybridized carbons (Fsp3) is 0.235. The van der Waals surface area contributed by atoms with Gasteiger partial charge in [-0.3, -0.25) is 4.79 Å². The molecule has 0 aliphatic rings. The van der Waals surface area contributed by atoms with Gasteiger partial charge in [0.1, 0.15) is 0 Å². The zero-order valence-electron chi connectivity index (χ0n) is 12.7. The Morgan fingerprint density at radius 1 is 1.09 bits per heavy atom. The highest BCUT2D eigenvalue weighted by Gasteiger charge is 2.09. The van der Waals surface area contributed by atoms with Crippen LogP contribution in [0.15, 0.2) is 53.4 Å². The van der Waals surface area contributed by atoms with Crippen molar-refractivity contribution in [2.45, 2.75) is 24.7 Å². The average Bonchev–Trinajstić information content (AvgIpc) is 2.46. The van der Waals surface area contributed by atoms with E-state index in [0.29, 0.717) is 18.5 Å². The molecule has 0 bridgehead atoms. The van der Waals surface area contributed by atoms with Crippen LogP contribution in [0.25, 0.3) is 0 Å². The summed E-state index contributed by atoms with van der Waals surface area (Å²) in [7, 11) is -3.27. The molecule has 0 heterocycles. The summed E-state index contributed by atoms with van der Waals surface area (Å²) in [6, 6.07) is 14.3. The Labute approximate surface area is 131 Å². The van der Waals surface area contributed by atoms with Crippen molar-refractivity contribution >= 4 is 21.4 Å². The summed E-state index contributed by atoms with van der Waals surface area (Å²) < 4.78 is 23.0. The number of anilines is 1. The van der Waals surface area contributed by atoms with Gasteiger partial charge in [0, 0.05) is 18.4 Å². The summed E-state index contributed by atoms with van der Waals surface area (Å²) in [6.45, 7) is 2.02. The first-order valence-electron chi connectivity index (χ1n) is 7.00. The van der Waals surface area contributed by atoms with Gasteiger partial charge < -0.3 is 5.32 Å². The van der Waals surface area contributed by atoms with E-state index in [1.54, 1.807) is 12.1 Å². The molecular formula is C17H19NO3S. The highest BCUT2D eigenvalue weighted by atomic mass is 32.2. The van der Waals surface area contributed by atoms with Crippen molar-refractivity contribution < 1.29 is 13.2 Å². The summed E-state index contributed by atoms with van der Waals surface area (Å²) in [5.74, 6) is -0.133. The van der Waals surface area contributed by atoms with Gasteiger partial charge in [-0.25, -0.2) is 8.42 Å². The lowest BCUT2D eigenvalue weighted by Gasteiger charge is -2.07. The van der Waals surface area contributed by atoms with E-state index in [0.717, 1.165) is 11.8 Å². The molecule has 2 aromatic rings. The lowest BCUT2D eigenvalue weighted by atomic mass is 10.1. The summed E-state index contributed by atoms with van der Waals surface area (Å²) in [4.78, 5) is 12.2. The normalized spacial score (nSPS) is 11.2. The minimum atomic E-state index is -3.27. The third kappa shape index (κ3) is 4.70. The maximum absolute atomic E-state index is 12.0. The number of carbonyl (C=O) groups excluding carboxylic acids is 1. The van der Waals surface area contributed by atoms with Crippen LogP contribution in [0.3, 0.4) is 0 Å². The maximum atomic E-state index is 12.0. The minimum Gasteiger partial charge on any atom is -0.326 e. The van der Waals surface area contributed by atoms with Gasteiger partial charge in [0.25, 0.3) is 0 Å². The van der Waals surface area contributed by atoms with E-state index < -0.39 is 9.84 Å². The van der Waals surface area contributed by atoms with Crippen LogP contribution in [0, 0.1) is 6.92 Å². The minimum absolute atomic E-state index is 0.133. The number of benzene rings is 2. The first-order valence-corrected chi connectivity index (χ1v) is 8.89. The van der Waals surface area contributed by atoms with E-state index in [4.69, 9.17) is 0 Å². The third-order valence-electron chi connectivity index (χ3n) is 3.31. The topological polar surface area (TPSA) is 63.2 Å². The summed E-state index contributed by atoms with van der Waals surface area (Å²) in [5.41, 5.74) is 2.79. The van der Waals surface area contributed by atoms with Crippen LogP contribution in [0.4, 0.5) is 5.69 Å². The van der Waals surface area contributed by atoms with E-state index >= 15 is 0 Å². The molecule has 0 atom stereocenters. The van der Waals surface area contributed by atoms with Crippen LogP contribution in [0.1, 0.15) is 17.5 Å². The summed E-state index contributed by atoms with van der Waals surface area (Å²) in [6.07, 6.45) is 2.15. The third-order valence-corrected chi connectivity index (χ3v) is 4.42. The maximum Gasteiger partial charge on any atom is 0.224 e. The van der Waals surface area contributed by atoms with Gasteiger partial charge in [-0.05, 0) is 37.1 Å². The predicted molar refractivity (Wildman–Crippen MR) is 87.7 cm³/mol. The molecule has 0 unspecified atom stereocenters. The fourth-order valence-corrected chi connectivity index (χ4v) is 2.71. The van der Waals surface area contributed by atoms with Crippen molar-refractivity contribution in [2.75, 3.05) is 11.6 Å². The second-order valence-corrected chi connectivity index (χ2v) is 7.35. The molecule has 0 aliphatic carbocycles. The molecule has 0 radical (unpaired) electrons. The Morgan fingerprint density at radius 2 is 1.77 bits per heavy atom. The van der Waals surface area contributed by atoms with E-state index in [2.05, 4.69) is 5.32 Å². The SMILES string of the molecule is Cc1ccc(CCC(=O)Nc2cccc(S(C)(=O)=O)c2)cc1. The Kier molecular flexibility index (Phi) is 4.98. The van der Waals surface area contributed by atoms with Gasteiger partial charge in [-0.2, -0.15) is 0 Å². The van der Waals surface area contributed by atoms with Crippen molar-refractivity contribution in [3.05, 3.63) is 59.7 Å². The molecule has 0 saturated heterocycles. The molecular weight excluding hydrogens is 298 g/mol. The second kappa shape index (κ2) is 6.75. The van der Waals surface area contributed by atoms with Crippen LogP contribution in [-0.4, -0.2) is 20.6 Å². The van der Waals surface area contributed by atoms with Crippen LogP contribution < -0.4 is 5.32 Å². The number of sulfone groups is 1. The van der Waals surface area contributed by atoms with Crippen molar-refractivity contribution in [3.8, 4) is 0 Å². The van der Waals surface area contributed by atoms with Crippen molar-refractivity contribution in [2.24, 2.45) is 0 Å². The molecule has 0 aromatic heterocycles. The van der Waals surface area contributed by atoms with Crippen LogP contribution in [0.2, 0.25) is 0 Å². The first kappa shape index (κ1) is 16.2. The monoisotopic (exact) mass is 317 g/mol. The molecule has 116 valence electrons. The molecule has 5 heteroatoms. The van der Waals surface area contributed by atoms with E-state index in [1.807, 2.05) is 31.2 Å². The Hall–Kier alpha value is -2.14. The Morgan fingerprint density at radius 3 is 2.41 bits per heavy atom. The number of carbonyl (C=O) groups is 1. The van der Waals surface area contributed by atoms with Crippen LogP contribution >= 0.6 is 0 Å². The number of hydrogen-bond donors (Lipinski definition) is 1. The van der Waals surface area contributed by atoms with Gasteiger partial charge in [-0.15, -0.1) is 0 Å². The van der Waals surface area contributed by atoms with Gasteiger partial charge >= 0.3 is 0 Å².